The Morgan fingerprint density at radius 3 is 1.07 bits per heavy atom. The lowest BCUT2D eigenvalue weighted by Crippen LogP contribution is -2.63. The van der Waals surface area contributed by atoms with Gasteiger partial charge in [-0.25, -0.2) is 9.59 Å². The number of benzene rings is 2. The van der Waals surface area contributed by atoms with Gasteiger partial charge < -0.3 is 9.47 Å². The molecule has 2 aliphatic heterocycles. The van der Waals surface area contributed by atoms with Gasteiger partial charge in [-0.2, -0.15) is 10.1 Å². The molecule has 0 spiro atoms. The van der Waals surface area contributed by atoms with Crippen LogP contribution in [0.5, 0.6) is 0 Å². The van der Waals surface area contributed by atoms with Gasteiger partial charge in [0.1, 0.15) is 12.2 Å². The average Bonchev–Trinajstić information content (AvgIpc) is 2.97. The van der Waals surface area contributed by atoms with Crippen molar-refractivity contribution in [1.82, 2.24) is 10.1 Å². The number of ether oxygens (including phenoxy) is 2. The van der Waals surface area contributed by atoms with Gasteiger partial charge in [0.05, 0.1) is 23.3 Å². The Morgan fingerprint density at radius 1 is 0.500 bits per heavy atom. The molecule has 2 saturated heterocycles. The van der Waals surface area contributed by atoms with Crippen LogP contribution in [0.15, 0.2) is 60.7 Å². The van der Waals surface area contributed by atoms with Crippen molar-refractivity contribution in [3.63, 3.8) is 0 Å². The third-order valence-electron chi connectivity index (χ3n) is 9.80. The third-order valence-corrected chi connectivity index (χ3v) is 9.80. The summed E-state index contributed by atoms with van der Waals surface area (Å²) in [6, 6.07) is 18.4. The van der Waals surface area contributed by atoms with E-state index in [0.29, 0.717) is 36.8 Å². The van der Waals surface area contributed by atoms with Crippen molar-refractivity contribution in [1.29, 1.82) is 0 Å². The molecule has 1 aliphatic carbocycles. The van der Waals surface area contributed by atoms with Crippen LogP contribution in [0.2, 0.25) is 0 Å². The molecule has 3 fully saturated rings. The molecule has 0 bridgehead atoms. The fourth-order valence-corrected chi connectivity index (χ4v) is 8.21. The first-order valence-corrected chi connectivity index (χ1v) is 17.0. The first-order valence-electron chi connectivity index (χ1n) is 17.0. The quantitative estimate of drug-likeness (QED) is 0.271. The Kier molecular flexibility index (Phi) is 10.1. The number of hydroxylamine groups is 4. The molecule has 8 heteroatoms. The molecule has 8 nitrogen and oxygen atoms in total. The molecule has 0 amide bonds. The molecule has 0 radical (unpaired) electrons. The van der Waals surface area contributed by atoms with Gasteiger partial charge in [0.15, 0.2) is 0 Å². The number of nitrogens with zero attached hydrogens (tertiary/aromatic N) is 2. The van der Waals surface area contributed by atoms with Crippen molar-refractivity contribution >= 4 is 11.9 Å². The summed E-state index contributed by atoms with van der Waals surface area (Å²) in [5.74, 6) is -0.539. The summed E-state index contributed by atoms with van der Waals surface area (Å²) < 4.78 is 12.0. The molecule has 252 valence electrons. The number of esters is 2. The Balaban J connectivity index is 1.13. The predicted molar refractivity (Wildman–Crippen MR) is 178 cm³/mol. The van der Waals surface area contributed by atoms with Crippen molar-refractivity contribution in [3.05, 3.63) is 71.8 Å². The largest absolute Gasteiger partial charge is 0.459 e. The van der Waals surface area contributed by atoms with E-state index in [-0.39, 0.29) is 58.5 Å². The standard InChI is InChI=1S/C38H54N2O6/c1-35(2)23-31(43-33(41)27-15-11-9-12-16-27)24-36(3,4)39(35)45-29-19-21-30(22-20-29)46-40-37(5,6)25-32(26-38(40,7)8)44-34(42)28-17-13-10-14-18-28/h9-18,29-32H,19-26H2,1-8H3. The van der Waals surface area contributed by atoms with E-state index in [4.69, 9.17) is 19.1 Å². The summed E-state index contributed by atoms with van der Waals surface area (Å²) in [7, 11) is 0. The van der Waals surface area contributed by atoms with E-state index in [1.807, 2.05) is 36.4 Å². The molecule has 3 aliphatic rings. The number of hydrogen-bond donors (Lipinski definition) is 0. The second kappa shape index (κ2) is 13.4. The van der Waals surface area contributed by atoms with Gasteiger partial charge in [0.2, 0.25) is 0 Å². The van der Waals surface area contributed by atoms with Gasteiger partial charge in [0.25, 0.3) is 0 Å². The molecule has 0 N–H and O–H groups in total. The van der Waals surface area contributed by atoms with Crippen LogP contribution in [0.25, 0.3) is 0 Å². The van der Waals surface area contributed by atoms with E-state index in [2.05, 4.69) is 65.5 Å². The Labute approximate surface area is 275 Å². The summed E-state index contributed by atoms with van der Waals surface area (Å²) >= 11 is 0. The average molecular weight is 635 g/mol. The minimum absolute atomic E-state index is 0.103. The summed E-state index contributed by atoms with van der Waals surface area (Å²) in [5.41, 5.74) is -0.0621. The Morgan fingerprint density at radius 2 is 0.783 bits per heavy atom. The molecule has 46 heavy (non-hydrogen) atoms. The second-order valence-corrected chi connectivity index (χ2v) is 16.1. The fraction of sp³-hybridized carbons (Fsp3) is 0.632. The second-order valence-electron chi connectivity index (χ2n) is 16.1. The van der Waals surface area contributed by atoms with Crippen LogP contribution in [0.1, 0.15) is 127 Å². The molecular formula is C38H54N2O6. The van der Waals surface area contributed by atoms with Gasteiger partial charge in [-0.3, -0.25) is 9.68 Å². The summed E-state index contributed by atoms with van der Waals surface area (Å²) in [4.78, 5) is 39.2. The molecule has 2 aromatic carbocycles. The van der Waals surface area contributed by atoms with Gasteiger partial charge in [-0.1, -0.05) is 36.4 Å². The minimum atomic E-state index is -0.306. The molecule has 0 atom stereocenters. The first kappa shape index (κ1) is 34.6. The molecule has 5 rings (SSSR count). The Bertz CT molecular complexity index is 1190. The van der Waals surface area contributed by atoms with Crippen molar-refractivity contribution < 1.29 is 28.7 Å². The fourth-order valence-electron chi connectivity index (χ4n) is 8.21. The zero-order valence-electron chi connectivity index (χ0n) is 29.1. The molecular weight excluding hydrogens is 580 g/mol. The van der Waals surface area contributed by atoms with E-state index in [9.17, 15) is 9.59 Å². The number of carbonyl (C=O) groups is 2. The van der Waals surface area contributed by atoms with Crippen molar-refractivity contribution in [2.45, 2.75) is 153 Å². The summed E-state index contributed by atoms with van der Waals surface area (Å²) in [6.07, 6.45) is 6.29. The summed E-state index contributed by atoms with van der Waals surface area (Å²) in [6.45, 7) is 17.4. The SMILES string of the molecule is CC1(C)CC(OC(=O)c2ccccc2)CC(C)(C)N1OC1CCC(ON2C(C)(C)CC(OC(=O)c3ccccc3)CC2(C)C)CC1. The van der Waals surface area contributed by atoms with Crippen molar-refractivity contribution in [2.24, 2.45) is 0 Å². The number of rotatable bonds is 8. The molecule has 0 aromatic heterocycles. The third kappa shape index (κ3) is 8.01. The highest BCUT2D eigenvalue weighted by Gasteiger charge is 2.51. The van der Waals surface area contributed by atoms with E-state index in [0.717, 1.165) is 25.7 Å². The number of carbonyl (C=O) groups excluding carboxylic acids is 2. The van der Waals surface area contributed by atoms with Crippen LogP contribution >= 0.6 is 0 Å². The van der Waals surface area contributed by atoms with Crippen LogP contribution in [-0.2, 0) is 19.1 Å². The molecule has 0 unspecified atom stereocenters. The molecule has 1 saturated carbocycles. The minimum Gasteiger partial charge on any atom is -0.459 e. The zero-order chi connectivity index (χ0) is 33.3. The smallest absolute Gasteiger partial charge is 0.338 e. The molecule has 2 heterocycles. The Hall–Kier alpha value is -2.78. The maximum absolute atomic E-state index is 12.8. The monoisotopic (exact) mass is 634 g/mol. The van der Waals surface area contributed by atoms with Gasteiger partial charge in [0, 0.05) is 47.8 Å². The van der Waals surface area contributed by atoms with Crippen LogP contribution in [0.4, 0.5) is 0 Å². The van der Waals surface area contributed by atoms with E-state index in [1.165, 1.54) is 0 Å². The normalized spacial score (nSPS) is 26.7. The van der Waals surface area contributed by atoms with Crippen molar-refractivity contribution in [2.75, 3.05) is 0 Å². The van der Waals surface area contributed by atoms with Crippen LogP contribution in [0.3, 0.4) is 0 Å². The zero-order valence-corrected chi connectivity index (χ0v) is 29.1. The van der Waals surface area contributed by atoms with Gasteiger partial charge in [-0.05, 0) is 105 Å². The maximum atomic E-state index is 12.8. The lowest BCUT2D eigenvalue weighted by molar-refractivity contribution is -0.335. The highest BCUT2D eigenvalue weighted by atomic mass is 16.7. The lowest BCUT2D eigenvalue weighted by Gasteiger charge is -2.55. The highest BCUT2D eigenvalue weighted by Crippen LogP contribution is 2.44. The van der Waals surface area contributed by atoms with E-state index >= 15 is 0 Å². The van der Waals surface area contributed by atoms with Crippen LogP contribution < -0.4 is 0 Å². The van der Waals surface area contributed by atoms with Crippen LogP contribution in [-0.4, -0.2) is 68.6 Å². The van der Waals surface area contributed by atoms with Gasteiger partial charge in [-0.15, -0.1) is 0 Å². The van der Waals surface area contributed by atoms with Crippen LogP contribution in [0, 0.1) is 0 Å². The topological polar surface area (TPSA) is 77.5 Å². The first-order chi connectivity index (χ1) is 21.6. The van der Waals surface area contributed by atoms with Crippen molar-refractivity contribution in [3.8, 4) is 0 Å². The van der Waals surface area contributed by atoms with E-state index in [1.54, 1.807) is 24.3 Å². The maximum Gasteiger partial charge on any atom is 0.338 e. The number of hydrogen-bond acceptors (Lipinski definition) is 8. The summed E-state index contributed by atoms with van der Waals surface area (Å²) in [5, 5.41) is 4.35. The highest BCUT2D eigenvalue weighted by molar-refractivity contribution is 5.89. The predicted octanol–water partition coefficient (Wildman–Crippen LogP) is 7.92. The van der Waals surface area contributed by atoms with E-state index < -0.39 is 0 Å². The van der Waals surface area contributed by atoms with Gasteiger partial charge >= 0.3 is 11.9 Å². The molecule has 2 aromatic rings. The lowest BCUT2D eigenvalue weighted by atomic mass is 9.80. The number of piperidine rings is 2.